The second-order valence-electron chi connectivity index (χ2n) is 3.55. The highest BCUT2D eigenvalue weighted by atomic mass is 16.6. The van der Waals surface area contributed by atoms with E-state index in [1.807, 2.05) is 32.0 Å². The lowest BCUT2D eigenvalue weighted by Crippen LogP contribution is -2.25. The molecule has 0 fully saturated rings. The van der Waals surface area contributed by atoms with Crippen LogP contribution in [-0.4, -0.2) is 19.2 Å². The zero-order valence-corrected chi connectivity index (χ0v) is 9.53. The first kappa shape index (κ1) is 11.6. The molecule has 1 rings (SSSR count). The van der Waals surface area contributed by atoms with Gasteiger partial charge in [0.05, 0.1) is 7.11 Å². The highest BCUT2D eigenvalue weighted by molar-refractivity contribution is 5.74. The lowest BCUT2D eigenvalue weighted by atomic mass is 10.1. The predicted molar refractivity (Wildman–Crippen MR) is 58.0 cm³/mol. The van der Waals surface area contributed by atoms with Crippen molar-refractivity contribution in [2.24, 2.45) is 0 Å². The van der Waals surface area contributed by atoms with E-state index in [1.54, 1.807) is 6.92 Å². The molecule has 0 heterocycles. The quantitative estimate of drug-likeness (QED) is 0.715. The number of esters is 1. The van der Waals surface area contributed by atoms with Crippen LogP contribution in [-0.2, 0) is 9.53 Å². The zero-order valence-electron chi connectivity index (χ0n) is 9.53. The average molecular weight is 208 g/mol. The number of methoxy groups -OCH3 is 1. The summed E-state index contributed by atoms with van der Waals surface area (Å²) in [6.45, 7) is 5.60. The Kier molecular flexibility index (Phi) is 3.72. The molecule has 0 saturated carbocycles. The largest absolute Gasteiger partial charge is 0.479 e. The Morgan fingerprint density at radius 3 is 2.60 bits per heavy atom. The van der Waals surface area contributed by atoms with Gasteiger partial charge in [-0.25, -0.2) is 4.79 Å². The predicted octanol–water partition coefficient (Wildman–Crippen LogP) is 2.24. The van der Waals surface area contributed by atoms with E-state index in [4.69, 9.17) is 4.74 Å². The molecule has 0 aliphatic carbocycles. The molecule has 0 bridgehead atoms. The molecule has 0 aliphatic heterocycles. The van der Waals surface area contributed by atoms with E-state index in [-0.39, 0.29) is 5.97 Å². The van der Waals surface area contributed by atoms with Crippen LogP contribution < -0.4 is 4.74 Å². The van der Waals surface area contributed by atoms with Crippen LogP contribution in [0.5, 0.6) is 5.75 Å². The van der Waals surface area contributed by atoms with E-state index < -0.39 is 6.10 Å². The number of hydrogen-bond acceptors (Lipinski definition) is 3. The Balaban J connectivity index is 2.80. The van der Waals surface area contributed by atoms with Crippen LogP contribution >= 0.6 is 0 Å². The van der Waals surface area contributed by atoms with Gasteiger partial charge in [-0.05, 0) is 38.0 Å². The molecule has 1 atom stereocenters. The lowest BCUT2D eigenvalue weighted by Gasteiger charge is -2.14. The van der Waals surface area contributed by atoms with Gasteiger partial charge in [0, 0.05) is 0 Å². The van der Waals surface area contributed by atoms with Crippen molar-refractivity contribution >= 4 is 5.97 Å². The minimum Gasteiger partial charge on any atom is -0.479 e. The Bertz CT molecular complexity index is 358. The SMILES string of the molecule is COC(=O)[C@@H](C)Oc1cc(C)ccc1C. The van der Waals surface area contributed by atoms with Gasteiger partial charge in [0.2, 0.25) is 0 Å². The molecule has 0 spiro atoms. The Morgan fingerprint density at radius 2 is 2.00 bits per heavy atom. The van der Waals surface area contributed by atoms with Gasteiger partial charge in [0.15, 0.2) is 6.10 Å². The summed E-state index contributed by atoms with van der Waals surface area (Å²) in [4.78, 5) is 11.2. The lowest BCUT2D eigenvalue weighted by molar-refractivity contribution is -0.147. The van der Waals surface area contributed by atoms with Crippen molar-refractivity contribution in [1.29, 1.82) is 0 Å². The first-order chi connectivity index (χ1) is 7.04. The Hall–Kier alpha value is -1.51. The third-order valence-corrected chi connectivity index (χ3v) is 2.18. The standard InChI is InChI=1S/C12H16O3/c1-8-5-6-9(2)11(7-8)15-10(3)12(13)14-4/h5-7,10H,1-4H3/t10-/m1/s1. The monoisotopic (exact) mass is 208 g/mol. The van der Waals surface area contributed by atoms with Crippen LogP contribution in [0.3, 0.4) is 0 Å². The highest BCUT2D eigenvalue weighted by Crippen LogP contribution is 2.20. The second-order valence-corrected chi connectivity index (χ2v) is 3.55. The smallest absolute Gasteiger partial charge is 0.346 e. The van der Waals surface area contributed by atoms with E-state index in [0.29, 0.717) is 0 Å². The molecule has 1 aromatic rings. The fourth-order valence-corrected chi connectivity index (χ4v) is 1.24. The van der Waals surface area contributed by atoms with Crippen molar-refractivity contribution < 1.29 is 14.3 Å². The molecule has 1 aromatic carbocycles. The molecule has 82 valence electrons. The maximum absolute atomic E-state index is 11.2. The first-order valence-corrected chi connectivity index (χ1v) is 4.86. The van der Waals surface area contributed by atoms with Crippen molar-refractivity contribution in [2.45, 2.75) is 26.9 Å². The highest BCUT2D eigenvalue weighted by Gasteiger charge is 2.15. The summed E-state index contributed by atoms with van der Waals surface area (Å²) in [6, 6.07) is 5.88. The molecule has 3 nitrogen and oxygen atoms in total. The maximum atomic E-state index is 11.2. The van der Waals surface area contributed by atoms with Gasteiger partial charge in [0.1, 0.15) is 5.75 Å². The fourth-order valence-electron chi connectivity index (χ4n) is 1.24. The van der Waals surface area contributed by atoms with E-state index >= 15 is 0 Å². The number of carbonyl (C=O) groups excluding carboxylic acids is 1. The molecular weight excluding hydrogens is 192 g/mol. The van der Waals surface area contributed by atoms with Crippen molar-refractivity contribution in [3.05, 3.63) is 29.3 Å². The fraction of sp³-hybridized carbons (Fsp3) is 0.417. The molecule has 0 aromatic heterocycles. The topological polar surface area (TPSA) is 35.5 Å². The van der Waals surface area contributed by atoms with Gasteiger partial charge < -0.3 is 9.47 Å². The van der Waals surface area contributed by atoms with E-state index in [2.05, 4.69) is 4.74 Å². The molecule has 15 heavy (non-hydrogen) atoms. The van der Waals surface area contributed by atoms with Crippen LogP contribution in [0.2, 0.25) is 0 Å². The number of ether oxygens (including phenoxy) is 2. The molecule has 0 radical (unpaired) electrons. The summed E-state index contributed by atoms with van der Waals surface area (Å²) in [5.41, 5.74) is 2.11. The average Bonchev–Trinajstić information content (AvgIpc) is 2.22. The van der Waals surface area contributed by atoms with Gasteiger partial charge in [-0.3, -0.25) is 0 Å². The normalized spacial score (nSPS) is 12.0. The van der Waals surface area contributed by atoms with E-state index in [0.717, 1.165) is 16.9 Å². The Morgan fingerprint density at radius 1 is 1.33 bits per heavy atom. The van der Waals surface area contributed by atoms with Crippen molar-refractivity contribution in [3.63, 3.8) is 0 Å². The maximum Gasteiger partial charge on any atom is 0.346 e. The van der Waals surface area contributed by atoms with E-state index in [1.165, 1.54) is 7.11 Å². The summed E-state index contributed by atoms with van der Waals surface area (Å²) in [5, 5.41) is 0. The first-order valence-electron chi connectivity index (χ1n) is 4.86. The van der Waals surface area contributed by atoms with E-state index in [9.17, 15) is 4.79 Å². The van der Waals surface area contributed by atoms with Crippen molar-refractivity contribution in [2.75, 3.05) is 7.11 Å². The summed E-state index contributed by atoms with van der Waals surface area (Å²) in [5.74, 6) is 0.365. The molecule has 3 heteroatoms. The molecule has 0 unspecified atom stereocenters. The number of carbonyl (C=O) groups is 1. The number of benzene rings is 1. The van der Waals surface area contributed by atoms with Gasteiger partial charge in [-0.15, -0.1) is 0 Å². The zero-order chi connectivity index (χ0) is 11.4. The van der Waals surface area contributed by atoms with Crippen molar-refractivity contribution in [3.8, 4) is 5.75 Å². The molecule has 0 aliphatic rings. The summed E-state index contributed by atoms with van der Waals surface area (Å²) < 4.78 is 10.1. The summed E-state index contributed by atoms with van der Waals surface area (Å²) in [6.07, 6.45) is -0.574. The molecule has 0 saturated heterocycles. The third kappa shape index (κ3) is 2.98. The summed E-state index contributed by atoms with van der Waals surface area (Å²) in [7, 11) is 1.35. The van der Waals surface area contributed by atoms with Gasteiger partial charge in [-0.1, -0.05) is 12.1 Å². The van der Waals surface area contributed by atoms with Crippen LogP contribution in [0.1, 0.15) is 18.1 Å². The van der Waals surface area contributed by atoms with Gasteiger partial charge in [-0.2, -0.15) is 0 Å². The van der Waals surface area contributed by atoms with Gasteiger partial charge in [0.25, 0.3) is 0 Å². The van der Waals surface area contributed by atoms with Crippen LogP contribution in [0.25, 0.3) is 0 Å². The van der Waals surface area contributed by atoms with Crippen LogP contribution in [0.4, 0.5) is 0 Å². The van der Waals surface area contributed by atoms with Crippen LogP contribution in [0.15, 0.2) is 18.2 Å². The number of rotatable bonds is 3. The van der Waals surface area contributed by atoms with Crippen molar-refractivity contribution in [1.82, 2.24) is 0 Å². The number of aryl methyl sites for hydroxylation is 2. The molecule has 0 N–H and O–H groups in total. The Labute approximate surface area is 90.0 Å². The molecule has 0 amide bonds. The summed E-state index contributed by atoms with van der Waals surface area (Å²) >= 11 is 0. The minimum atomic E-state index is -0.574. The number of hydrogen-bond donors (Lipinski definition) is 0. The third-order valence-electron chi connectivity index (χ3n) is 2.18. The minimum absolute atomic E-state index is 0.365. The molecular formula is C12H16O3. The second kappa shape index (κ2) is 4.82. The van der Waals surface area contributed by atoms with Gasteiger partial charge >= 0.3 is 5.97 Å². The van der Waals surface area contributed by atoms with Crippen LogP contribution in [0, 0.1) is 13.8 Å².